The molecular formula is C23H29NO4. The van der Waals surface area contributed by atoms with Crippen molar-refractivity contribution in [1.82, 2.24) is 4.90 Å². The number of rotatable bonds is 8. The van der Waals surface area contributed by atoms with E-state index in [4.69, 9.17) is 9.47 Å². The lowest BCUT2D eigenvalue weighted by Crippen LogP contribution is -2.41. The number of carbonyl (C=O) groups excluding carboxylic acids is 1. The zero-order chi connectivity index (χ0) is 19.8. The first-order chi connectivity index (χ1) is 13.7. The minimum Gasteiger partial charge on any atom is -0.504 e. The van der Waals surface area contributed by atoms with Crippen molar-refractivity contribution in [3.63, 3.8) is 0 Å². The van der Waals surface area contributed by atoms with Crippen molar-refractivity contribution >= 4 is 5.91 Å². The number of aryl methyl sites for hydroxylation is 1. The molecule has 2 aromatic rings. The third kappa shape index (κ3) is 5.65. The van der Waals surface area contributed by atoms with E-state index >= 15 is 0 Å². The summed E-state index contributed by atoms with van der Waals surface area (Å²) in [4.78, 5) is 14.2. The fourth-order valence-corrected chi connectivity index (χ4v) is 3.57. The molecule has 0 unspecified atom stereocenters. The van der Waals surface area contributed by atoms with E-state index in [0.717, 1.165) is 44.5 Å². The maximum atomic E-state index is 12.4. The van der Waals surface area contributed by atoms with E-state index in [0.29, 0.717) is 18.3 Å². The minimum atomic E-state index is -0.0333. The molecule has 5 heteroatoms. The van der Waals surface area contributed by atoms with Gasteiger partial charge in [0, 0.05) is 13.1 Å². The van der Waals surface area contributed by atoms with E-state index in [9.17, 15) is 9.90 Å². The molecule has 1 fully saturated rings. The Morgan fingerprint density at radius 2 is 1.79 bits per heavy atom. The molecule has 1 N–H and O–H groups in total. The normalized spacial score (nSPS) is 14.7. The molecular weight excluding hydrogens is 354 g/mol. The van der Waals surface area contributed by atoms with E-state index in [-0.39, 0.29) is 18.3 Å². The molecule has 1 aliphatic rings. The SMILES string of the molecule is CCOc1ccc(CCC2CCN(C(=O)COc3ccccc3O)CC2)cc1. The third-order valence-electron chi connectivity index (χ3n) is 5.26. The smallest absolute Gasteiger partial charge is 0.260 e. The van der Waals surface area contributed by atoms with Gasteiger partial charge in [0.2, 0.25) is 0 Å². The molecule has 5 nitrogen and oxygen atoms in total. The number of hydrogen-bond donors (Lipinski definition) is 1. The summed E-state index contributed by atoms with van der Waals surface area (Å²) in [5.74, 6) is 1.96. The lowest BCUT2D eigenvalue weighted by Gasteiger charge is -2.32. The van der Waals surface area contributed by atoms with Gasteiger partial charge in [-0.2, -0.15) is 0 Å². The van der Waals surface area contributed by atoms with Crippen molar-refractivity contribution in [1.29, 1.82) is 0 Å². The molecule has 0 bridgehead atoms. The average Bonchev–Trinajstić information content (AvgIpc) is 2.73. The summed E-state index contributed by atoms with van der Waals surface area (Å²) < 4.78 is 10.9. The molecule has 0 spiro atoms. The first kappa shape index (κ1) is 20.1. The second-order valence-electron chi connectivity index (χ2n) is 7.20. The van der Waals surface area contributed by atoms with E-state index in [1.807, 2.05) is 24.0 Å². The first-order valence-electron chi connectivity index (χ1n) is 10.1. The number of piperidine rings is 1. The Balaban J connectivity index is 1.38. The van der Waals surface area contributed by atoms with Crippen LogP contribution in [-0.2, 0) is 11.2 Å². The molecule has 0 radical (unpaired) electrons. The molecule has 1 heterocycles. The van der Waals surface area contributed by atoms with E-state index < -0.39 is 0 Å². The molecule has 0 atom stereocenters. The van der Waals surface area contributed by atoms with Crippen LogP contribution in [0.2, 0.25) is 0 Å². The highest BCUT2D eigenvalue weighted by Crippen LogP contribution is 2.26. The summed E-state index contributed by atoms with van der Waals surface area (Å²) in [6, 6.07) is 15.1. The van der Waals surface area contributed by atoms with Crippen LogP contribution in [0.5, 0.6) is 17.2 Å². The second-order valence-corrected chi connectivity index (χ2v) is 7.20. The number of para-hydroxylation sites is 2. The standard InChI is InChI=1S/C23H29NO4/c1-2-27-20-11-9-18(10-12-20)7-8-19-13-15-24(16-14-19)23(26)17-28-22-6-4-3-5-21(22)25/h3-6,9-12,19,25H,2,7-8,13-17H2,1H3. The fraction of sp³-hybridized carbons (Fsp3) is 0.435. The molecule has 0 saturated carbocycles. The number of nitrogens with zero attached hydrogens (tertiary/aromatic N) is 1. The second kappa shape index (κ2) is 10.0. The Morgan fingerprint density at radius 1 is 1.07 bits per heavy atom. The lowest BCUT2D eigenvalue weighted by molar-refractivity contribution is -0.134. The summed E-state index contributed by atoms with van der Waals surface area (Å²) >= 11 is 0. The molecule has 0 aromatic heterocycles. The molecule has 28 heavy (non-hydrogen) atoms. The van der Waals surface area contributed by atoms with Crippen molar-refractivity contribution in [2.75, 3.05) is 26.3 Å². The van der Waals surface area contributed by atoms with Crippen molar-refractivity contribution in [2.24, 2.45) is 5.92 Å². The first-order valence-corrected chi connectivity index (χ1v) is 10.1. The number of hydrogen-bond acceptors (Lipinski definition) is 4. The van der Waals surface area contributed by atoms with Gasteiger partial charge in [0.05, 0.1) is 6.61 Å². The van der Waals surface area contributed by atoms with Crippen LogP contribution < -0.4 is 9.47 Å². The number of benzene rings is 2. The Bertz CT molecular complexity index is 751. The van der Waals surface area contributed by atoms with Gasteiger partial charge in [0.15, 0.2) is 18.1 Å². The average molecular weight is 383 g/mol. The Kier molecular flexibility index (Phi) is 7.18. The van der Waals surface area contributed by atoms with Crippen molar-refractivity contribution in [3.05, 3.63) is 54.1 Å². The maximum absolute atomic E-state index is 12.4. The summed E-state index contributed by atoms with van der Waals surface area (Å²) in [5.41, 5.74) is 1.33. The van der Waals surface area contributed by atoms with Crippen LogP contribution in [0.3, 0.4) is 0 Å². The van der Waals surface area contributed by atoms with Gasteiger partial charge in [-0.3, -0.25) is 4.79 Å². The number of carbonyl (C=O) groups is 1. The lowest BCUT2D eigenvalue weighted by atomic mass is 9.90. The monoisotopic (exact) mass is 383 g/mol. The highest BCUT2D eigenvalue weighted by atomic mass is 16.5. The van der Waals surface area contributed by atoms with Gasteiger partial charge in [0.1, 0.15) is 5.75 Å². The summed E-state index contributed by atoms with van der Waals surface area (Å²) in [5, 5.41) is 9.71. The van der Waals surface area contributed by atoms with Crippen LogP contribution in [0.15, 0.2) is 48.5 Å². The number of phenols is 1. The predicted octanol–water partition coefficient (Wildman–Crippen LogP) is 4.04. The molecule has 1 amide bonds. The van der Waals surface area contributed by atoms with Gasteiger partial charge in [-0.25, -0.2) is 0 Å². The minimum absolute atomic E-state index is 0.0202. The number of likely N-dealkylation sites (tertiary alicyclic amines) is 1. The van der Waals surface area contributed by atoms with Gasteiger partial charge in [-0.05, 0) is 68.4 Å². The van der Waals surface area contributed by atoms with Crippen LogP contribution >= 0.6 is 0 Å². The maximum Gasteiger partial charge on any atom is 0.260 e. The zero-order valence-electron chi connectivity index (χ0n) is 16.5. The van der Waals surface area contributed by atoms with Crippen LogP contribution in [0.1, 0.15) is 31.7 Å². The zero-order valence-corrected chi connectivity index (χ0v) is 16.5. The van der Waals surface area contributed by atoms with Crippen LogP contribution in [0, 0.1) is 5.92 Å². The van der Waals surface area contributed by atoms with Crippen LogP contribution in [0.4, 0.5) is 0 Å². The quantitative estimate of drug-likeness (QED) is 0.747. The van der Waals surface area contributed by atoms with Gasteiger partial charge in [-0.1, -0.05) is 24.3 Å². The van der Waals surface area contributed by atoms with Gasteiger partial charge < -0.3 is 19.5 Å². The van der Waals surface area contributed by atoms with Gasteiger partial charge >= 0.3 is 0 Å². The Hall–Kier alpha value is -2.69. The van der Waals surface area contributed by atoms with Crippen molar-refractivity contribution in [3.8, 4) is 17.2 Å². The molecule has 2 aromatic carbocycles. The van der Waals surface area contributed by atoms with E-state index in [2.05, 4.69) is 12.1 Å². The fourth-order valence-electron chi connectivity index (χ4n) is 3.57. The molecule has 0 aliphatic carbocycles. The predicted molar refractivity (Wildman–Crippen MR) is 109 cm³/mol. The molecule has 3 rings (SSSR count). The third-order valence-corrected chi connectivity index (χ3v) is 5.26. The highest BCUT2D eigenvalue weighted by Gasteiger charge is 2.23. The van der Waals surface area contributed by atoms with Crippen molar-refractivity contribution < 1.29 is 19.4 Å². The number of phenolic OH excluding ortho intramolecular Hbond substituents is 1. The number of aromatic hydroxyl groups is 1. The molecule has 1 aliphatic heterocycles. The van der Waals surface area contributed by atoms with E-state index in [1.54, 1.807) is 24.3 Å². The van der Waals surface area contributed by atoms with Crippen LogP contribution in [-0.4, -0.2) is 42.2 Å². The number of amides is 1. The van der Waals surface area contributed by atoms with Crippen molar-refractivity contribution in [2.45, 2.75) is 32.6 Å². The molecule has 150 valence electrons. The Labute approximate surface area is 166 Å². The summed E-state index contributed by atoms with van der Waals surface area (Å²) in [6.07, 6.45) is 4.25. The largest absolute Gasteiger partial charge is 0.504 e. The molecule has 1 saturated heterocycles. The van der Waals surface area contributed by atoms with E-state index in [1.165, 1.54) is 5.56 Å². The highest BCUT2D eigenvalue weighted by molar-refractivity contribution is 5.78. The van der Waals surface area contributed by atoms with Gasteiger partial charge in [-0.15, -0.1) is 0 Å². The van der Waals surface area contributed by atoms with Gasteiger partial charge in [0.25, 0.3) is 5.91 Å². The number of ether oxygens (including phenoxy) is 2. The summed E-state index contributed by atoms with van der Waals surface area (Å²) in [7, 11) is 0. The summed E-state index contributed by atoms with van der Waals surface area (Å²) in [6.45, 7) is 4.19. The topological polar surface area (TPSA) is 59.0 Å². The Morgan fingerprint density at radius 3 is 2.46 bits per heavy atom. The van der Waals surface area contributed by atoms with Crippen LogP contribution in [0.25, 0.3) is 0 Å².